The number of aliphatic hydroxyl groups is 1. The number of fused-ring (bicyclic) bond motifs is 1. The summed E-state index contributed by atoms with van der Waals surface area (Å²) in [7, 11) is 0. The van der Waals surface area contributed by atoms with Crippen molar-refractivity contribution in [3.05, 3.63) is 29.3 Å². The second kappa shape index (κ2) is 9.99. The Morgan fingerprint density at radius 2 is 2.03 bits per heavy atom. The van der Waals surface area contributed by atoms with Crippen molar-refractivity contribution >= 4 is 35.1 Å². The third-order valence-electron chi connectivity index (χ3n) is 7.05. The molecule has 5 atom stereocenters. The molecule has 8 nitrogen and oxygen atoms in total. The number of hydrogen-bond acceptors (Lipinski definition) is 6. The predicted molar refractivity (Wildman–Crippen MR) is 122 cm³/mol. The van der Waals surface area contributed by atoms with E-state index in [9.17, 15) is 14.4 Å². The lowest BCUT2D eigenvalue weighted by atomic mass is 9.71. The number of amides is 2. The highest BCUT2D eigenvalue weighted by Crippen LogP contribution is 2.58. The fourth-order valence-corrected chi connectivity index (χ4v) is 5.89. The van der Waals surface area contributed by atoms with Crippen LogP contribution in [0.25, 0.3) is 0 Å². The fourth-order valence-electron chi connectivity index (χ4n) is 5.71. The molecule has 1 spiro atoms. The van der Waals surface area contributed by atoms with E-state index in [0.29, 0.717) is 42.9 Å². The van der Waals surface area contributed by atoms with Gasteiger partial charge in [-0.25, -0.2) is 0 Å². The number of esters is 1. The lowest BCUT2D eigenvalue weighted by molar-refractivity contribution is -0.154. The van der Waals surface area contributed by atoms with Gasteiger partial charge in [0.05, 0.1) is 35.3 Å². The van der Waals surface area contributed by atoms with Crippen LogP contribution in [0.3, 0.4) is 0 Å². The summed E-state index contributed by atoms with van der Waals surface area (Å²) in [6.45, 7) is 2.47. The summed E-state index contributed by atoms with van der Waals surface area (Å²) in [6, 6.07) is 6.09. The normalized spacial score (nSPS) is 29.9. The first-order valence-corrected chi connectivity index (χ1v) is 12.1. The predicted octanol–water partition coefficient (Wildman–Crippen LogP) is 2.77. The summed E-state index contributed by atoms with van der Waals surface area (Å²) < 4.78 is 11.6. The van der Waals surface area contributed by atoms with E-state index < -0.39 is 35.6 Å². The Bertz CT molecular complexity index is 911. The van der Waals surface area contributed by atoms with Crippen LogP contribution in [0.1, 0.15) is 45.4 Å². The smallest absolute Gasteiger partial charge is 0.312 e. The van der Waals surface area contributed by atoms with Crippen LogP contribution in [-0.2, 0) is 23.9 Å². The van der Waals surface area contributed by atoms with Crippen molar-refractivity contribution in [2.45, 2.75) is 63.2 Å². The molecule has 3 saturated heterocycles. The van der Waals surface area contributed by atoms with Gasteiger partial charge in [0.1, 0.15) is 11.6 Å². The number of unbranched alkanes of at least 4 members (excludes halogenated alkanes) is 3. The molecule has 180 valence electrons. The molecule has 0 radical (unpaired) electrons. The van der Waals surface area contributed by atoms with E-state index in [1.165, 1.54) is 0 Å². The van der Waals surface area contributed by atoms with Crippen LogP contribution in [0.5, 0.6) is 0 Å². The minimum absolute atomic E-state index is 0.132. The second-order valence-corrected chi connectivity index (χ2v) is 9.35. The van der Waals surface area contributed by atoms with Crippen molar-refractivity contribution in [3.63, 3.8) is 0 Å². The highest BCUT2D eigenvalue weighted by atomic mass is 35.5. The maximum Gasteiger partial charge on any atom is 0.312 e. The summed E-state index contributed by atoms with van der Waals surface area (Å²) in [6.07, 6.45) is 3.78. The Balaban J connectivity index is 1.62. The monoisotopic (exact) mass is 478 g/mol. The van der Waals surface area contributed by atoms with Crippen LogP contribution in [0.2, 0.25) is 5.02 Å². The number of likely N-dealkylation sites (tertiary alicyclic amines) is 1. The summed E-state index contributed by atoms with van der Waals surface area (Å²) in [5, 5.41) is 12.3. The molecule has 2 amide bonds. The van der Waals surface area contributed by atoms with Gasteiger partial charge in [-0.1, -0.05) is 36.6 Å². The van der Waals surface area contributed by atoms with E-state index in [0.717, 1.165) is 12.8 Å². The SMILES string of the molecule is CCOC(=O)[C@@H]1[C@H]2C(=O)N(CCCCCCO)C(C(=O)Nc3ccccc3Cl)C23CC[C@H]1O3. The number of aliphatic hydroxyl groups excluding tert-OH is 1. The topological polar surface area (TPSA) is 105 Å². The van der Waals surface area contributed by atoms with Crippen LogP contribution in [0.4, 0.5) is 5.69 Å². The Morgan fingerprint density at radius 1 is 1.27 bits per heavy atom. The molecule has 1 aromatic rings. The first kappa shape index (κ1) is 24.0. The van der Waals surface area contributed by atoms with Crippen molar-refractivity contribution in [1.29, 1.82) is 0 Å². The van der Waals surface area contributed by atoms with Crippen molar-refractivity contribution in [2.75, 3.05) is 25.1 Å². The van der Waals surface area contributed by atoms with Gasteiger partial charge < -0.3 is 24.8 Å². The van der Waals surface area contributed by atoms with Gasteiger partial charge in [-0.05, 0) is 44.7 Å². The maximum absolute atomic E-state index is 13.6. The number of anilines is 1. The van der Waals surface area contributed by atoms with Gasteiger partial charge in [-0.15, -0.1) is 0 Å². The maximum atomic E-state index is 13.6. The lowest BCUT2D eigenvalue weighted by Gasteiger charge is -2.33. The standard InChI is InChI=1S/C24H31ClN2O6/c1-2-32-23(31)18-17-11-12-24(33-17)19(18)22(30)27(13-7-3-4-8-14-28)20(24)21(29)26-16-10-6-5-9-15(16)25/h5-6,9-10,17-20,28H,2-4,7-8,11-14H2,1H3,(H,26,29)/t17-,18+,19+,20?,24?/m1/s1. The number of halogens is 1. The zero-order chi connectivity index (χ0) is 23.6. The largest absolute Gasteiger partial charge is 0.466 e. The fraction of sp³-hybridized carbons (Fsp3) is 0.625. The molecule has 0 aliphatic carbocycles. The van der Waals surface area contributed by atoms with Crippen LogP contribution in [0, 0.1) is 11.8 Å². The van der Waals surface area contributed by atoms with E-state index in [4.69, 9.17) is 26.2 Å². The number of nitrogens with zero attached hydrogens (tertiary/aromatic N) is 1. The molecular formula is C24H31ClN2O6. The number of rotatable bonds is 10. The molecule has 2 N–H and O–H groups in total. The van der Waals surface area contributed by atoms with Crippen molar-refractivity contribution in [3.8, 4) is 0 Å². The van der Waals surface area contributed by atoms with Gasteiger partial charge in [-0.2, -0.15) is 0 Å². The minimum Gasteiger partial charge on any atom is -0.466 e. The van der Waals surface area contributed by atoms with Gasteiger partial charge >= 0.3 is 5.97 Å². The van der Waals surface area contributed by atoms with Crippen molar-refractivity contribution < 1.29 is 29.0 Å². The van der Waals surface area contributed by atoms with Crippen LogP contribution in [-0.4, -0.2) is 65.3 Å². The average molecular weight is 479 g/mol. The summed E-state index contributed by atoms with van der Waals surface area (Å²) >= 11 is 6.25. The average Bonchev–Trinajstić information content (AvgIpc) is 3.43. The molecule has 3 heterocycles. The highest BCUT2D eigenvalue weighted by Gasteiger charge is 2.74. The third kappa shape index (κ3) is 4.24. The van der Waals surface area contributed by atoms with Crippen LogP contribution >= 0.6 is 11.6 Å². The number of para-hydroxylation sites is 1. The molecule has 3 fully saturated rings. The number of carbonyl (C=O) groups excluding carboxylic acids is 3. The van der Waals surface area contributed by atoms with Gasteiger partial charge in [0.15, 0.2) is 0 Å². The summed E-state index contributed by atoms with van der Waals surface area (Å²) in [5.74, 6) is -2.44. The van der Waals surface area contributed by atoms with E-state index in [1.807, 2.05) is 0 Å². The molecule has 0 saturated carbocycles. The Hall–Kier alpha value is -2.16. The van der Waals surface area contributed by atoms with Gasteiger partial charge in [0.25, 0.3) is 0 Å². The second-order valence-electron chi connectivity index (χ2n) is 8.95. The third-order valence-corrected chi connectivity index (χ3v) is 7.38. The van der Waals surface area contributed by atoms with E-state index >= 15 is 0 Å². The molecular weight excluding hydrogens is 448 g/mol. The molecule has 3 aliphatic rings. The first-order valence-electron chi connectivity index (χ1n) is 11.8. The highest BCUT2D eigenvalue weighted by molar-refractivity contribution is 6.33. The molecule has 4 rings (SSSR count). The summed E-state index contributed by atoms with van der Waals surface area (Å²) in [4.78, 5) is 41.6. The first-order chi connectivity index (χ1) is 15.9. The lowest BCUT2D eigenvalue weighted by Crippen LogP contribution is -2.53. The number of hydrogen-bond donors (Lipinski definition) is 2. The molecule has 0 aromatic heterocycles. The zero-order valence-corrected chi connectivity index (χ0v) is 19.6. The number of ether oxygens (including phenoxy) is 2. The van der Waals surface area contributed by atoms with Crippen LogP contribution < -0.4 is 5.32 Å². The molecule has 9 heteroatoms. The van der Waals surface area contributed by atoms with Gasteiger partial charge in [0.2, 0.25) is 11.8 Å². The zero-order valence-electron chi connectivity index (χ0n) is 18.8. The molecule has 2 bridgehead atoms. The number of carbonyl (C=O) groups is 3. The van der Waals surface area contributed by atoms with E-state index in [2.05, 4.69) is 5.32 Å². The van der Waals surface area contributed by atoms with E-state index in [1.54, 1.807) is 36.1 Å². The quantitative estimate of drug-likeness (QED) is 0.395. The number of nitrogens with one attached hydrogen (secondary N) is 1. The van der Waals surface area contributed by atoms with Gasteiger partial charge in [0, 0.05) is 13.2 Å². The minimum atomic E-state index is -1.05. The Labute approximate surface area is 198 Å². The molecule has 3 aliphatic heterocycles. The molecule has 2 unspecified atom stereocenters. The molecule has 33 heavy (non-hydrogen) atoms. The molecule has 1 aromatic carbocycles. The Kier molecular flexibility index (Phi) is 7.26. The van der Waals surface area contributed by atoms with Crippen LogP contribution in [0.15, 0.2) is 24.3 Å². The van der Waals surface area contributed by atoms with E-state index in [-0.39, 0.29) is 25.0 Å². The van der Waals surface area contributed by atoms with Crippen molar-refractivity contribution in [1.82, 2.24) is 4.90 Å². The number of benzene rings is 1. The van der Waals surface area contributed by atoms with Crippen molar-refractivity contribution in [2.24, 2.45) is 11.8 Å². The van der Waals surface area contributed by atoms with Gasteiger partial charge in [-0.3, -0.25) is 14.4 Å². The Morgan fingerprint density at radius 3 is 2.76 bits per heavy atom. The summed E-state index contributed by atoms with van der Waals surface area (Å²) in [5.41, 5.74) is -0.579.